The van der Waals surface area contributed by atoms with E-state index in [2.05, 4.69) is 15.4 Å². The molecule has 0 atom stereocenters. The Labute approximate surface area is 70.7 Å². The summed E-state index contributed by atoms with van der Waals surface area (Å²) in [6.07, 6.45) is 0.861. The lowest BCUT2D eigenvalue weighted by Gasteiger charge is -1.93. The standard InChI is InChI=1S/C7H12N4O/c1-8-3-2-6-9-7-11(10-6)4-5-12-7/h8H,2-5H2,1H3. The van der Waals surface area contributed by atoms with Crippen LogP contribution in [0.15, 0.2) is 0 Å². The largest absolute Gasteiger partial charge is 0.462 e. The second-order valence-corrected chi connectivity index (χ2v) is 2.74. The lowest BCUT2D eigenvalue weighted by Crippen LogP contribution is -2.11. The zero-order chi connectivity index (χ0) is 8.39. The van der Waals surface area contributed by atoms with Crippen LogP contribution in [0.4, 0.5) is 0 Å². The minimum Gasteiger partial charge on any atom is -0.462 e. The molecule has 2 heterocycles. The van der Waals surface area contributed by atoms with Gasteiger partial charge in [-0.1, -0.05) is 0 Å². The number of nitrogens with one attached hydrogen (secondary N) is 1. The third-order valence-electron chi connectivity index (χ3n) is 1.81. The van der Waals surface area contributed by atoms with Gasteiger partial charge in [-0.3, -0.25) is 0 Å². The number of rotatable bonds is 3. The number of hydrogen-bond donors (Lipinski definition) is 1. The molecule has 0 aromatic carbocycles. The molecule has 0 bridgehead atoms. The summed E-state index contributed by atoms with van der Waals surface area (Å²) < 4.78 is 7.04. The van der Waals surface area contributed by atoms with Gasteiger partial charge >= 0.3 is 6.01 Å². The number of likely N-dealkylation sites (N-methyl/N-ethyl adjacent to an activating group) is 1. The molecule has 0 saturated heterocycles. The molecule has 5 heteroatoms. The summed E-state index contributed by atoms with van der Waals surface area (Å²) in [4.78, 5) is 4.22. The molecule has 0 amide bonds. The summed E-state index contributed by atoms with van der Waals surface area (Å²) in [5.74, 6) is 0.860. The van der Waals surface area contributed by atoms with Gasteiger partial charge in [-0.05, 0) is 7.05 Å². The molecule has 1 aromatic rings. The Morgan fingerprint density at radius 2 is 2.58 bits per heavy atom. The first-order valence-electron chi connectivity index (χ1n) is 4.11. The van der Waals surface area contributed by atoms with Gasteiger partial charge in [0.2, 0.25) is 0 Å². The highest BCUT2D eigenvalue weighted by atomic mass is 16.5. The van der Waals surface area contributed by atoms with Gasteiger partial charge < -0.3 is 10.1 Å². The average molecular weight is 168 g/mol. The molecule has 0 spiro atoms. The van der Waals surface area contributed by atoms with E-state index in [1.807, 2.05) is 11.7 Å². The minimum absolute atomic E-state index is 0.668. The number of hydrogen-bond acceptors (Lipinski definition) is 4. The van der Waals surface area contributed by atoms with Crippen LogP contribution in [0.25, 0.3) is 0 Å². The lowest BCUT2D eigenvalue weighted by molar-refractivity contribution is 0.344. The Hall–Kier alpha value is -1.10. The maximum atomic E-state index is 5.23. The average Bonchev–Trinajstić information content (AvgIpc) is 2.58. The van der Waals surface area contributed by atoms with Crippen LogP contribution in [0.1, 0.15) is 5.82 Å². The van der Waals surface area contributed by atoms with E-state index in [0.29, 0.717) is 12.6 Å². The summed E-state index contributed by atoms with van der Waals surface area (Å²) in [6.45, 7) is 2.45. The molecule has 0 fully saturated rings. The molecule has 0 saturated carbocycles. The highest BCUT2D eigenvalue weighted by molar-refractivity contribution is 5.01. The maximum absolute atomic E-state index is 5.23. The lowest BCUT2D eigenvalue weighted by atomic mass is 10.4. The van der Waals surface area contributed by atoms with Crippen molar-refractivity contribution in [1.82, 2.24) is 20.1 Å². The SMILES string of the molecule is CNCCc1nc2n(n1)CCO2. The number of aromatic nitrogens is 3. The van der Waals surface area contributed by atoms with Gasteiger partial charge in [0, 0.05) is 13.0 Å². The molecular weight excluding hydrogens is 156 g/mol. The van der Waals surface area contributed by atoms with E-state index in [0.717, 1.165) is 25.3 Å². The smallest absolute Gasteiger partial charge is 0.315 e. The van der Waals surface area contributed by atoms with E-state index in [4.69, 9.17) is 4.74 Å². The molecule has 5 nitrogen and oxygen atoms in total. The second kappa shape index (κ2) is 3.10. The molecule has 1 N–H and O–H groups in total. The van der Waals surface area contributed by atoms with Crippen molar-refractivity contribution in [2.24, 2.45) is 0 Å². The zero-order valence-electron chi connectivity index (χ0n) is 7.08. The Morgan fingerprint density at radius 3 is 3.33 bits per heavy atom. The first-order chi connectivity index (χ1) is 5.90. The molecule has 1 aliphatic heterocycles. The minimum atomic E-state index is 0.668. The summed E-state index contributed by atoms with van der Waals surface area (Å²) >= 11 is 0. The monoisotopic (exact) mass is 168 g/mol. The quantitative estimate of drug-likeness (QED) is 0.657. The van der Waals surface area contributed by atoms with Gasteiger partial charge in [-0.15, -0.1) is 0 Å². The summed E-state index contributed by atoms with van der Waals surface area (Å²) in [5, 5.41) is 7.32. The predicted octanol–water partition coefficient (Wildman–Crippen LogP) is -0.568. The van der Waals surface area contributed by atoms with Gasteiger partial charge in [0.25, 0.3) is 0 Å². The van der Waals surface area contributed by atoms with E-state index < -0.39 is 0 Å². The topological polar surface area (TPSA) is 52.0 Å². The highest BCUT2D eigenvalue weighted by Crippen LogP contribution is 2.13. The maximum Gasteiger partial charge on any atom is 0.315 e. The summed E-state index contributed by atoms with van der Waals surface area (Å²) in [5.41, 5.74) is 0. The molecule has 1 aliphatic rings. The van der Waals surface area contributed by atoms with Crippen molar-refractivity contribution in [1.29, 1.82) is 0 Å². The van der Waals surface area contributed by atoms with Crippen molar-refractivity contribution in [2.45, 2.75) is 13.0 Å². The fourth-order valence-corrected chi connectivity index (χ4v) is 1.19. The molecule has 66 valence electrons. The van der Waals surface area contributed by atoms with Gasteiger partial charge in [0.15, 0.2) is 5.82 Å². The van der Waals surface area contributed by atoms with Crippen LogP contribution in [0.5, 0.6) is 6.01 Å². The number of ether oxygens (including phenoxy) is 1. The summed E-state index contributed by atoms with van der Waals surface area (Å²) in [7, 11) is 1.92. The Bertz CT molecular complexity index is 249. The highest BCUT2D eigenvalue weighted by Gasteiger charge is 2.15. The first kappa shape index (κ1) is 7.54. The zero-order valence-corrected chi connectivity index (χ0v) is 7.08. The molecule has 1 aromatic heterocycles. The van der Waals surface area contributed by atoms with Gasteiger partial charge in [-0.2, -0.15) is 10.1 Å². The van der Waals surface area contributed by atoms with Crippen molar-refractivity contribution < 1.29 is 4.74 Å². The van der Waals surface area contributed by atoms with E-state index in [1.165, 1.54) is 0 Å². The molecular formula is C7H12N4O. The van der Waals surface area contributed by atoms with E-state index in [-0.39, 0.29) is 0 Å². The van der Waals surface area contributed by atoms with Crippen molar-refractivity contribution in [2.75, 3.05) is 20.2 Å². The predicted molar refractivity (Wildman–Crippen MR) is 43.1 cm³/mol. The normalized spacial score (nSPS) is 14.4. The summed E-state index contributed by atoms with van der Waals surface area (Å²) in [6, 6.07) is 0.668. The fourth-order valence-electron chi connectivity index (χ4n) is 1.19. The third kappa shape index (κ3) is 1.27. The number of fused-ring (bicyclic) bond motifs is 1. The van der Waals surface area contributed by atoms with Crippen LogP contribution in [-0.4, -0.2) is 35.0 Å². The Balaban J connectivity index is 2.05. The fraction of sp³-hybridized carbons (Fsp3) is 0.714. The number of nitrogens with zero attached hydrogens (tertiary/aromatic N) is 3. The van der Waals surface area contributed by atoms with Crippen molar-refractivity contribution in [3.8, 4) is 6.01 Å². The molecule has 12 heavy (non-hydrogen) atoms. The molecule has 0 radical (unpaired) electrons. The van der Waals surface area contributed by atoms with E-state index >= 15 is 0 Å². The van der Waals surface area contributed by atoms with Crippen LogP contribution >= 0.6 is 0 Å². The van der Waals surface area contributed by atoms with Gasteiger partial charge in [0.05, 0.1) is 6.54 Å². The van der Waals surface area contributed by atoms with E-state index in [1.54, 1.807) is 0 Å². The molecule has 0 aliphatic carbocycles. The van der Waals surface area contributed by atoms with Crippen LogP contribution in [0, 0.1) is 0 Å². The molecule has 2 rings (SSSR count). The molecule has 0 unspecified atom stereocenters. The van der Waals surface area contributed by atoms with Gasteiger partial charge in [-0.25, -0.2) is 4.68 Å². The van der Waals surface area contributed by atoms with Crippen molar-refractivity contribution in [3.05, 3.63) is 5.82 Å². The third-order valence-corrected chi connectivity index (χ3v) is 1.81. The van der Waals surface area contributed by atoms with Crippen molar-refractivity contribution in [3.63, 3.8) is 0 Å². The van der Waals surface area contributed by atoms with Crippen LogP contribution < -0.4 is 10.1 Å². The van der Waals surface area contributed by atoms with E-state index in [9.17, 15) is 0 Å². The van der Waals surface area contributed by atoms with Crippen LogP contribution in [0.3, 0.4) is 0 Å². The van der Waals surface area contributed by atoms with Crippen LogP contribution in [0.2, 0.25) is 0 Å². The second-order valence-electron chi connectivity index (χ2n) is 2.74. The Kier molecular flexibility index (Phi) is 1.95. The van der Waals surface area contributed by atoms with Crippen LogP contribution in [-0.2, 0) is 13.0 Å². The van der Waals surface area contributed by atoms with Gasteiger partial charge in [0.1, 0.15) is 6.61 Å². The first-order valence-corrected chi connectivity index (χ1v) is 4.11. The Morgan fingerprint density at radius 1 is 1.67 bits per heavy atom. The van der Waals surface area contributed by atoms with Crippen molar-refractivity contribution >= 4 is 0 Å².